The van der Waals surface area contributed by atoms with E-state index in [1.807, 2.05) is 0 Å². The molecule has 0 aliphatic carbocycles. The Labute approximate surface area is 236 Å². The van der Waals surface area contributed by atoms with Gasteiger partial charge >= 0.3 is 0 Å². The minimum absolute atomic E-state index is 0.419. The van der Waals surface area contributed by atoms with Crippen molar-refractivity contribution < 1.29 is 0 Å². The monoisotopic (exact) mass is 521 g/mol. The van der Waals surface area contributed by atoms with Crippen molar-refractivity contribution in [1.29, 1.82) is 0 Å². The lowest BCUT2D eigenvalue weighted by atomic mass is 9.90. The van der Waals surface area contributed by atoms with E-state index in [0.717, 1.165) is 51.5 Å². The van der Waals surface area contributed by atoms with Gasteiger partial charge < -0.3 is 15.1 Å². The van der Waals surface area contributed by atoms with Crippen molar-refractivity contribution in [2.24, 2.45) is 5.92 Å². The number of rotatable bonds is 11. The molecule has 2 heterocycles. The second-order valence-electron chi connectivity index (χ2n) is 11.8. The lowest BCUT2D eigenvalue weighted by Gasteiger charge is -2.32. The smallest absolute Gasteiger partial charge is 0.0217 e. The largest absolute Gasteiger partial charge is 0.313 e. The standard InChI is InChI=1S/C36H47N3/c1-30-12-10-22-38(28-30)23-11-21-37-27-35-18-9-8-17-34(35)26-31-19-24-39(25-20-31)29-36(32-13-4-2-5-14-32)33-15-6-3-7-16-33/h2-9,13-18,26,30,36-37H,10-12,19-25,27-29H2,1H3. The molecule has 0 amide bonds. The first kappa shape index (κ1) is 27.8. The average molecular weight is 522 g/mol. The van der Waals surface area contributed by atoms with Gasteiger partial charge in [0.05, 0.1) is 0 Å². The van der Waals surface area contributed by atoms with Crippen LogP contribution >= 0.6 is 0 Å². The first-order chi connectivity index (χ1) is 19.2. The maximum atomic E-state index is 3.73. The van der Waals surface area contributed by atoms with Crippen molar-refractivity contribution in [3.8, 4) is 0 Å². The minimum Gasteiger partial charge on any atom is -0.313 e. The van der Waals surface area contributed by atoms with Gasteiger partial charge in [-0.15, -0.1) is 0 Å². The third-order valence-electron chi connectivity index (χ3n) is 8.64. The van der Waals surface area contributed by atoms with Gasteiger partial charge in [-0.25, -0.2) is 0 Å². The summed E-state index contributed by atoms with van der Waals surface area (Å²) in [6, 6.07) is 31.0. The number of nitrogens with one attached hydrogen (secondary N) is 1. The normalized spacial score (nSPS) is 18.9. The highest BCUT2D eigenvalue weighted by molar-refractivity contribution is 5.57. The van der Waals surface area contributed by atoms with Crippen molar-refractivity contribution >= 4 is 6.08 Å². The summed E-state index contributed by atoms with van der Waals surface area (Å²) in [6.45, 7) is 11.6. The summed E-state index contributed by atoms with van der Waals surface area (Å²) in [5, 5.41) is 3.73. The van der Waals surface area contributed by atoms with Gasteiger partial charge in [-0.05, 0) is 79.9 Å². The third-order valence-corrected chi connectivity index (χ3v) is 8.64. The fourth-order valence-corrected chi connectivity index (χ4v) is 6.40. The Hall–Kier alpha value is -2.72. The number of hydrogen-bond donors (Lipinski definition) is 1. The molecule has 3 heteroatoms. The Morgan fingerprint density at radius 2 is 1.49 bits per heavy atom. The van der Waals surface area contributed by atoms with E-state index in [4.69, 9.17) is 0 Å². The van der Waals surface area contributed by atoms with Gasteiger partial charge in [-0.1, -0.05) is 104 Å². The maximum Gasteiger partial charge on any atom is 0.0217 e. The lowest BCUT2D eigenvalue weighted by Crippen LogP contribution is -2.36. The molecular weight excluding hydrogens is 474 g/mol. The number of piperidine rings is 2. The predicted octanol–water partition coefficient (Wildman–Crippen LogP) is 7.21. The molecule has 5 rings (SSSR count). The highest BCUT2D eigenvalue weighted by atomic mass is 15.1. The molecule has 39 heavy (non-hydrogen) atoms. The van der Waals surface area contributed by atoms with E-state index in [1.54, 1.807) is 5.57 Å². The van der Waals surface area contributed by atoms with Crippen LogP contribution in [-0.2, 0) is 6.54 Å². The zero-order valence-corrected chi connectivity index (χ0v) is 23.9. The van der Waals surface area contributed by atoms with E-state index in [-0.39, 0.29) is 0 Å². The summed E-state index contributed by atoms with van der Waals surface area (Å²) in [5.74, 6) is 1.29. The van der Waals surface area contributed by atoms with Crippen LogP contribution in [0.3, 0.4) is 0 Å². The summed E-state index contributed by atoms with van der Waals surface area (Å²) in [4.78, 5) is 5.32. The molecule has 0 saturated carbocycles. The topological polar surface area (TPSA) is 18.5 Å². The minimum atomic E-state index is 0.419. The van der Waals surface area contributed by atoms with Crippen molar-refractivity contribution in [2.45, 2.75) is 51.5 Å². The predicted molar refractivity (Wildman–Crippen MR) is 166 cm³/mol. The molecule has 2 fully saturated rings. The molecule has 0 aromatic heterocycles. The SMILES string of the molecule is CC1CCCN(CCCNCc2ccccc2C=C2CCN(CC(c3ccccc3)c3ccccc3)CC2)C1. The molecule has 0 spiro atoms. The first-order valence-electron chi connectivity index (χ1n) is 15.3. The van der Waals surface area contributed by atoms with E-state index in [1.165, 1.54) is 61.2 Å². The van der Waals surface area contributed by atoms with Crippen LogP contribution in [0.15, 0.2) is 90.5 Å². The Balaban J connectivity index is 1.12. The number of likely N-dealkylation sites (tertiary alicyclic amines) is 2. The van der Waals surface area contributed by atoms with Crippen LogP contribution < -0.4 is 5.32 Å². The highest BCUT2D eigenvalue weighted by Gasteiger charge is 2.21. The Bertz CT molecular complexity index is 1110. The van der Waals surface area contributed by atoms with E-state index in [9.17, 15) is 0 Å². The summed E-state index contributed by atoms with van der Waals surface area (Å²) < 4.78 is 0. The van der Waals surface area contributed by atoms with Gasteiger partial charge in [0.2, 0.25) is 0 Å². The summed E-state index contributed by atoms with van der Waals surface area (Å²) in [7, 11) is 0. The van der Waals surface area contributed by atoms with Crippen molar-refractivity contribution in [2.75, 3.05) is 45.8 Å². The fourth-order valence-electron chi connectivity index (χ4n) is 6.40. The van der Waals surface area contributed by atoms with E-state index < -0.39 is 0 Å². The van der Waals surface area contributed by atoms with Gasteiger partial charge in [0.1, 0.15) is 0 Å². The molecule has 2 aliphatic heterocycles. The number of nitrogens with zero attached hydrogens (tertiary/aromatic N) is 2. The van der Waals surface area contributed by atoms with Crippen molar-refractivity contribution in [3.05, 3.63) is 113 Å². The van der Waals surface area contributed by atoms with Gasteiger partial charge in [0.15, 0.2) is 0 Å². The molecular formula is C36H47N3. The van der Waals surface area contributed by atoms with Crippen LogP contribution in [0.25, 0.3) is 6.08 Å². The van der Waals surface area contributed by atoms with Gasteiger partial charge in [-0.2, -0.15) is 0 Å². The molecule has 2 aliphatic rings. The molecule has 0 radical (unpaired) electrons. The van der Waals surface area contributed by atoms with Crippen LogP contribution in [0.1, 0.15) is 67.2 Å². The van der Waals surface area contributed by atoms with Gasteiger partial charge in [0.25, 0.3) is 0 Å². The third kappa shape index (κ3) is 8.38. The Kier molecular flexibility index (Phi) is 10.4. The maximum absolute atomic E-state index is 3.73. The van der Waals surface area contributed by atoms with Crippen LogP contribution in [-0.4, -0.2) is 55.6 Å². The summed E-state index contributed by atoms with van der Waals surface area (Å²) >= 11 is 0. The van der Waals surface area contributed by atoms with E-state index >= 15 is 0 Å². The number of hydrogen-bond acceptors (Lipinski definition) is 3. The van der Waals surface area contributed by atoms with Crippen molar-refractivity contribution in [3.63, 3.8) is 0 Å². The molecule has 0 bridgehead atoms. The molecule has 1 unspecified atom stereocenters. The number of benzene rings is 3. The highest BCUT2D eigenvalue weighted by Crippen LogP contribution is 2.28. The molecule has 1 atom stereocenters. The van der Waals surface area contributed by atoms with Crippen LogP contribution in [0, 0.1) is 5.92 Å². The van der Waals surface area contributed by atoms with Crippen LogP contribution in [0.2, 0.25) is 0 Å². The lowest BCUT2D eigenvalue weighted by molar-refractivity contribution is 0.182. The first-order valence-corrected chi connectivity index (χ1v) is 15.3. The zero-order valence-electron chi connectivity index (χ0n) is 23.9. The van der Waals surface area contributed by atoms with Crippen LogP contribution in [0.4, 0.5) is 0 Å². The quantitative estimate of drug-likeness (QED) is 0.269. The Morgan fingerprint density at radius 3 is 2.18 bits per heavy atom. The molecule has 3 aromatic rings. The second-order valence-corrected chi connectivity index (χ2v) is 11.8. The molecule has 2 saturated heterocycles. The molecule has 1 N–H and O–H groups in total. The van der Waals surface area contributed by atoms with Gasteiger partial charge in [-0.3, -0.25) is 0 Å². The van der Waals surface area contributed by atoms with E-state index in [2.05, 4.69) is 113 Å². The van der Waals surface area contributed by atoms with Gasteiger partial charge in [0, 0.05) is 38.6 Å². The van der Waals surface area contributed by atoms with Crippen molar-refractivity contribution in [1.82, 2.24) is 15.1 Å². The fraction of sp³-hybridized carbons (Fsp3) is 0.444. The van der Waals surface area contributed by atoms with Crippen LogP contribution in [0.5, 0.6) is 0 Å². The zero-order chi connectivity index (χ0) is 26.7. The average Bonchev–Trinajstić information content (AvgIpc) is 2.98. The Morgan fingerprint density at radius 1 is 0.821 bits per heavy atom. The summed E-state index contributed by atoms with van der Waals surface area (Å²) in [6.07, 6.45) is 8.81. The molecule has 206 valence electrons. The molecule has 3 aromatic carbocycles. The second kappa shape index (κ2) is 14.6. The summed E-state index contributed by atoms with van der Waals surface area (Å²) in [5.41, 5.74) is 7.24. The van der Waals surface area contributed by atoms with E-state index in [0.29, 0.717) is 5.92 Å². The molecule has 3 nitrogen and oxygen atoms in total.